The van der Waals surface area contributed by atoms with Crippen molar-refractivity contribution in [2.75, 3.05) is 40.9 Å². The Morgan fingerprint density at radius 3 is 2.02 bits per heavy atom. The zero-order valence-electron chi connectivity index (χ0n) is 27.0. The summed E-state index contributed by atoms with van der Waals surface area (Å²) in [6, 6.07) is -0.800. The average Bonchev–Trinajstić information content (AvgIpc) is 2.90. The van der Waals surface area contributed by atoms with E-state index in [-0.39, 0.29) is 19.1 Å². The maximum absolute atomic E-state index is 12.6. The number of aliphatic hydroxyl groups excluding tert-OH is 1. The minimum Gasteiger partial charge on any atom is -0.756 e. The van der Waals surface area contributed by atoms with Gasteiger partial charge in [-0.15, -0.1) is 0 Å². The normalized spacial score (nSPS) is 15.4. The van der Waals surface area contributed by atoms with Crippen LogP contribution in [0.3, 0.4) is 0 Å². The van der Waals surface area contributed by atoms with Crippen molar-refractivity contribution >= 4 is 13.7 Å². The highest BCUT2D eigenvalue weighted by Gasteiger charge is 2.24. The Labute approximate surface area is 252 Å². The summed E-state index contributed by atoms with van der Waals surface area (Å²) in [4.78, 5) is 24.8. The van der Waals surface area contributed by atoms with E-state index < -0.39 is 20.0 Å². The number of unbranched alkanes of at least 4 members (excludes halogenated alkanes) is 11. The van der Waals surface area contributed by atoms with Crippen LogP contribution >= 0.6 is 7.82 Å². The van der Waals surface area contributed by atoms with Gasteiger partial charge in [0.15, 0.2) is 0 Å². The number of quaternary nitrogens is 1. The van der Waals surface area contributed by atoms with Crippen LogP contribution in [0.25, 0.3) is 0 Å². The molecule has 0 saturated carbocycles. The molecule has 0 aliphatic heterocycles. The molecule has 0 radical (unpaired) electrons. The van der Waals surface area contributed by atoms with Crippen LogP contribution in [0.2, 0.25) is 0 Å². The molecule has 9 heteroatoms. The number of phosphoric ester groups is 1. The van der Waals surface area contributed by atoms with E-state index in [1.807, 2.05) is 21.1 Å². The number of carbonyl (C=O) groups excluding carboxylic acids is 1. The highest BCUT2D eigenvalue weighted by atomic mass is 31.2. The molecule has 0 aromatic heterocycles. The molecule has 0 aliphatic rings. The Balaban J connectivity index is 4.26. The van der Waals surface area contributed by atoms with Crippen LogP contribution in [0, 0.1) is 0 Å². The van der Waals surface area contributed by atoms with Crippen molar-refractivity contribution in [3.05, 3.63) is 24.3 Å². The Kier molecular flexibility index (Phi) is 24.8. The number of nitrogens with one attached hydrogen (secondary N) is 1. The van der Waals surface area contributed by atoms with Crippen LogP contribution < -0.4 is 10.2 Å². The van der Waals surface area contributed by atoms with Crippen molar-refractivity contribution in [1.29, 1.82) is 0 Å². The molecule has 0 heterocycles. The number of hydrogen-bond acceptors (Lipinski definition) is 6. The predicted octanol–water partition coefficient (Wildman–Crippen LogP) is 6.82. The van der Waals surface area contributed by atoms with E-state index in [1.165, 1.54) is 32.1 Å². The summed E-state index contributed by atoms with van der Waals surface area (Å²) >= 11 is 0. The van der Waals surface area contributed by atoms with Gasteiger partial charge in [0.05, 0.1) is 39.9 Å². The van der Waals surface area contributed by atoms with Crippen LogP contribution in [-0.4, -0.2) is 68.5 Å². The number of carbonyl (C=O) groups is 1. The molecule has 0 rings (SSSR count). The van der Waals surface area contributed by atoms with Crippen molar-refractivity contribution in [2.45, 2.75) is 135 Å². The molecular formula is C32H63N2O6P. The van der Waals surface area contributed by atoms with E-state index in [0.29, 0.717) is 23.9 Å². The SMILES string of the molecule is CCCCCC/C=C\C/C=C\CCCCCCCC(=O)NC(COP(=O)([O-])OCC[N+](C)(C)C)C(O)CCCCC. The van der Waals surface area contributed by atoms with E-state index in [1.54, 1.807) is 0 Å². The smallest absolute Gasteiger partial charge is 0.268 e. The van der Waals surface area contributed by atoms with Crippen molar-refractivity contribution in [3.8, 4) is 0 Å². The number of hydrogen-bond donors (Lipinski definition) is 2. The number of allylic oxidation sites excluding steroid dienone is 4. The Hall–Kier alpha value is -1.02. The van der Waals surface area contributed by atoms with E-state index in [0.717, 1.165) is 64.2 Å². The molecule has 0 bridgehead atoms. The molecule has 0 aromatic carbocycles. The first-order chi connectivity index (χ1) is 19.5. The predicted molar refractivity (Wildman–Crippen MR) is 168 cm³/mol. The van der Waals surface area contributed by atoms with Gasteiger partial charge in [0.2, 0.25) is 5.91 Å². The Bertz CT molecular complexity index is 738. The van der Waals surface area contributed by atoms with Gasteiger partial charge in [-0.1, -0.05) is 95.9 Å². The highest BCUT2D eigenvalue weighted by molar-refractivity contribution is 7.45. The lowest BCUT2D eigenvalue weighted by atomic mass is 10.0. The van der Waals surface area contributed by atoms with Gasteiger partial charge in [-0.05, 0) is 44.9 Å². The molecule has 2 N–H and O–H groups in total. The number of nitrogens with zero attached hydrogens (tertiary/aromatic N) is 1. The average molecular weight is 603 g/mol. The number of likely N-dealkylation sites (N-methyl/N-ethyl adjacent to an activating group) is 1. The molecule has 0 saturated heterocycles. The highest BCUT2D eigenvalue weighted by Crippen LogP contribution is 2.38. The maximum Gasteiger partial charge on any atom is 0.268 e. The monoisotopic (exact) mass is 602 g/mol. The summed E-state index contributed by atoms with van der Waals surface area (Å²) in [7, 11) is 1.28. The van der Waals surface area contributed by atoms with E-state index in [4.69, 9.17) is 9.05 Å². The van der Waals surface area contributed by atoms with Gasteiger partial charge in [-0.2, -0.15) is 0 Å². The molecule has 0 aromatic rings. The lowest BCUT2D eigenvalue weighted by molar-refractivity contribution is -0.870. The maximum atomic E-state index is 12.6. The van der Waals surface area contributed by atoms with Gasteiger partial charge < -0.3 is 28.8 Å². The van der Waals surface area contributed by atoms with Gasteiger partial charge in [0.1, 0.15) is 13.2 Å². The van der Waals surface area contributed by atoms with Crippen molar-refractivity contribution < 1.29 is 32.9 Å². The van der Waals surface area contributed by atoms with Crippen molar-refractivity contribution in [1.82, 2.24) is 5.32 Å². The largest absolute Gasteiger partial charge is 0.756 e. The lowest BCUT2D eigenvalue weighted by Crippen LogP contribution is -2.46. The summed E-state index contributed by atoms with van der Waals surface area (Å²) in [6.45, 7) is 4.48. The first-order valence-corrected chi connectivity index (χ1v) is 17.6. The molecule has 8 nitrogen and oxygen atoms in total. The number of phosphoric acid groups is 1. The van der Waals surface area contributed by atoms with Gasteiger partial charge >= 0.3 is 0 Å². The number of amides is 1. The van der Waals surface area contributed by atoms with Gasteiger partial charge in [0, 0.05) is 6.42 Å². The minimum atomic E-state index is -4.53. The molecular weight excluding hydrogens is 539 g/mol. The molecule has 242 valence electrons. The fraction of sp³-hybridized carbons (Fsp3) is 0.844. The number of rotatable bonds is 28. The molecule has 41 heavy (non-hydrogen) atoms. The number of aliphatic hydroxyl groups is 1. The lowest BCUT2D eigenvalue weighted by Gasteiger charge is -2.30. The summed E-state index contributed by atoms with van der Waals surface area (Å²) in [6.07, 6.45) is 25.4. The summed E-state index contributed by atoms with van der Waals surface area (Å²) in [5.41, 5.74) is 0. The van der Waals surface area contributed by atoms with Crippen LogP contribution in [0.15, 0.2) is 24.3 Å². The van der Waals surface area contributed by atoms with Crippen molar-refractivity contribution in [2.24, 2.45) is 0 Å². The topological polar surface area (TPSA) is 108 Å². The fourth-order valence-electron chi connectivity index (χ4n) is 4.24. The van der Waals surface area contributed by atoms with Crippen LogP contribution in [-0.2, 0) is 18.4 Å². The molecule has 0 aliphatic carbocycles. The molecule has 1 amide bonds. The minimum absolute atomic E-state index is 0.00719. The second kappa shape index (κ2) is 25.5. The second-order valence-corrected chi connectivity index (χ2v) is 13.6. The Morgan fingerprint density at radius 2 is 1.41 bits per heavy atom. The molecule has 3 atom stereocenters. The second-order valence-electron chi connectivity index (χ2n) is 12.2. The zero-order chi connectivity index (χ0) is 30.8. The quantitative estimate of drug-likeness (QED) is 0.0440. The summed E-state index contributed by atoms with van der Waals surface area (Å²) in [5, 5.41) is 13.4. The van der Waals surface area contributed by atoms with Gasteiger partial charge in [-0.3, -0.25) is 9.36 Å². The first kappa shape index (κ1) is 40.0. The fourth-order valence-corrected chi connectivity index (χ4v) is 4.96. The van der Waals surface area contributed by atoms with Gasteiger partial charge in [-0.25, -0.2) is 0 Å². The summed E-state index contributed by atoms with van der Waals surface area (Å²) in [5.74, 6) is -0.193. The van der Waals surface area contributed by atoms with Crippen LogP contribution in [0.1, 0.15) is 123 Å². The van der Waals surface area contributed by atoms with E-state index in [2.05, 4.69) is 43.5 Å². The third-order valence-electron chi connectivity index (χ3n) is 6.94. The Morgan fingerprint density at radius 1 is 0.854 bits per heavy atom. The standard InChI is InChI=1S/C32H63N2O6P/c1-6-8-10-11-12-13-14-15-16-17-18-19-20-21-22-24-26-32(36)33-30(31(35)25-23-9-7-2)29-40-41(37,38)39-28-27-34(3,4)5/h13-14,16-17,30-31,35H,6-12,15,18-29H2,1-5H3,(H-,33,36,37,38)/b14-13-,17-16-. The molecule has 3 unspecified atom stereocenters. The first-order valence-electron chi connectivity index (χ1n) is 16.2. The molecule has 0 fully saturated rings. The zero-order valence-corrected chi connectivity index (χ0v) is 27.9. The third-order valence-corrected chi connectivity index (χ3v) is 7.91. The van der Waals surface area contributed by atoms with Crippen molar-refractivity contribution in [3.63, 3.8) is 0 Å². The van der Waals surface area contributed by atoms with E-state index in [9.17, 15) is 19.4 Å². The molecule has 0 spiro atoms. The summed E-state index contributed by atoms with van der Waals surface area (Å²) < 4.78 is 22.8. The van der Waals surface area contributed by atoms with E-state index >= 15 is 0 Å². The van der Waals surface area contributed by atoms with Crippen LogP contribution in [0.4, 0.5) is 0 Å². The third kappa shape index (κ3) is 27.6. The van der Waals surface area contributed by atoms with Gasteiger partial charge in [0.25, 0.3) is 7.82 Å². The van der Waals surface area contributed by atoms with Crippen LogP contribution in [0.5, 0.6) is 0 Å².